The van der Waals surface area contributed by atoms with E-state index in [1.807, 2.05) is 61.5 Å². The molecule has 0 saturated carbocycles. The lowest BCUT2D eigenvalue weighted by Crippen LogP contribution is -2.14. The van der Waals surface area contributed by atoms with Gasteiger partial charge in [0.25, 0.3) is 5.91 Å². The Morgan fingerprint density at radius 1 is 1.15 bits per heavy atom. The topological polar surface area (TPSA) is 32.3 Å². The second-order valence-corrected chi connectivity index (χ2v) is 5.00. The van der Waals surface area contributed by atoms with Crippen LogP contribution in [0.2, 0.25) is 0 Å². The molecule has 2 aromatic rings. The Bertz CT molecular complexity index is 594. The van der Waals surface area contributed by atoms with Crippen LogP contribution in [0.1, 0.15) is 15.9 Å². The van der Waals surface area contributed by atoms with Crippen molar-refractivity contribution in [2.24, 2.45) is 0 Å². The van der Waals surface area contributed by atoms with E-state index < -0.39 is 0 Å². The number of nitrogens with one attached hydrogen (secondary N) is 1. The summed E-state index contributed by atoms with van der Waals surface area (Å²) in [5.41, 5.74) is 3.42. The van der Waals surface area contributed by atoms with Gasteiger partial charge in [-0.15, -0.1) is 11.6 Å². The highest BCUT2D eigenvalue weighted by Gasteiger charge is 2.07. The Hall–Kier alpha value is -2.00. The van der Waals surface area contributed by atoms with E-state index in [0.29, 0.717) is 11.4 Å². The fourth-order valence-corrected chi connectivity index (χ4v) is 1.98. The smallest absolute Gasteiger partial charge is 0.255 e. The maximum absolute atomic E-state index is 12.2. The summed E-state index contributed by atoms with van der Waals surface area (Å²) in [4.78, 5) is 14.2. The van der Waals surface area contributed by atoms with Crippen molar-refractivity contribution in [3.8, 4) is 0 Å². The van der Waals surface area contributed by atoms with E-state index >= 15 is 0 Å². The van der Waals surface area contributed by atoms with Gasteiger partial charge in [-0.25, -0.2) is 0 Å². The summed E-state index contributed by atoms with van der Waals surface area (Å²) in [6, 6.07) is 15.0. The molecule has 0 fully saturated rings. The molecule has 0 atom stereocenters. The lowest BCUT2D eigenvalue weighted by molar-refractivity contribution is 0.102. The average molecular weight is 289 g/mol. The van der Waals surface area contributed by atoms with Crippen LogP contribution >= 0.6 is 11.6 Å². The summed E-state index contributed by atoms with van der Waals surface area (Å²) >= 11 is 5.74. The van der Waals surface area contributed by atoms with E-state index in [2.05, 4.69) is 5.32 Å². The van der Waals surface area contributed by atoms with Crippen molar-refractivity contribution in [2.45, 2.75) is 5.88 Å². The van der Waals surface area contributed by atoms with Gasteiger partial charge in [0.1, 0.15) is 0 Å². The minimum absolute atomic E-state index is 0.118. The Kier molecular flexibility index (Phi) is 4.64. The van der Waals surface area contributed by atoms with Crippen LogP contribution in [0, 0.1) is 0 Å². The van der Waals surface area contributed by atoms with Gasteiger partial charge in [-0.05, 0) is 35.9 Å². The Morgan fingerprint density at radius 2 is 1.85 bits per heavy atom. The Labute approximate surface area is 124 Å². The molecular weight excluding hydrogens is 272 g/mol. The van der Waals surface area contributed by atoms with Gasteiger partial charge in [-0.1, -0.05) is 18.2 Å². The number of alkyl halides is 1. The number of carbonyl (C=O) groups excluding carboxylic acids is 1. The molecular formula is C16H17ClN2O. The molecule has 0 heterocycles. The number of nitrogens with zero attached hydrogens (tertiary/aromatic N) is 1. The van der Waals surface area contributed by atoms with Crippen LogP contribution in [0.5, 0.6) is 0 Å². The molecule has 1 amide bonds. The third kappa shape index (κ3) is 3.52. The summed E-state index contributed by atoms with van der Waals surface area (Å²) in [7, 11) is 3.89. The van der Waals surface area contributed by atoms with Crippen LogP contribution in [-0.4, -0.2) is 20.0 Å². The molecule has 20 heavy (non-hydrogen) atoms. The summed E-state index contributed by atoms with van der Waals surface area (Å²) in [6.07, 6.45) is 0. The van der Waals surface area contributed by atoms with Crippen LogP contribution in [-0.2, 0) is 5.88 Å². The largest absolute Gasteiger partial charge is 0.378 e. The van der Waals surface area contributed by atoms with Crippen molar-refractivity contribution < 1.29 is 4.79 Å². The second-order valence-electron chi connectivity index (χ2n) is 4.73. The van der Waals surface area contributed by atoms with E-state index in [1.165, 1.54) is 0 Å². The molecule has 1 N–H and O–H groups in total. The number of hydrogen-bond donors (Lipinski definition) is 1. The fraction of sp³-hybridized carbons (Fsp3) is 0.188. The van der Waals surface area contributed by atoms with Crippen molar-refractivity contribution in [3.05, 3.63) is 59.7 Å². The van der Waals surface area contributed by atoms with E-state index in [-0.39, 0.29) is 5.91 Å². The summed E-state index contributed by atoms with van der Waals surface area (Å²) in [5, 5.41) is 2.88. The van der Waals surface area contributed by atoms with Crippen molar-refractivity contribution in [3.63, 3.8) is 0 Å². The average Bonchev–Trinajstić information content (AvgIpc) is 2.48. The molecule has 2 rings (SSSR count). The van der Waals surface area contributed by atoms with Gasteiger partial charge in [0.2, 0.25) is 0 Å². The first-order valence-electron chi connectivity index (χ1n) is 6.34. The number of halogens is 1. The molecule has 104 valence electrons. The summed E-state index contributed by atoms with van der Waals surface area (Å²) in [6.45, 7) is 0. The quantitative estimate of drug-likeness (QED) is 0.869. The standard InChI is InChI=1S/C16H17ClN2O/c1-19(2)15-5-3-4-13(10-15)16(20)18-14-8-6-12(11-17)7-9-14/h3-10H,11H2,1-2H3,(H,18,20). The minimum atomic E-state index is -0.118. The van der Waals surface area contributed by atoms with Crippen LogP contribution in [0.3, 0.4) is 0 Å². The molecule has 4 heteroatoms. The molecule has 2 aromatic carbocycles. The number of rotatable bonds is 4. The third-order valence-electron chi connectivity index (χ3n) is 2.99. The van der Waals surface area contributed by atoms with Crippen LogP contribution < -0.4 is 10.2 Å². The van der Waals surface area contributed by atoms with Crippen LogP contribution in [0.25, 0.3) is 0 Å². The van der Waals surface area contributed by atoms with Crippen molar-refractivity contribution in [1.29, 1.82) is 0 Å². The number of benzene rings is 2. The highest BCUT2D eigenvalue weighted by molar-refractivity contribution is 6.17. The van der Waals surface area contributed by atoms with Crippen LogP contribution in [0.15, 0.2) is 48.5 Å². The molecule has 0 aromatic heterocycles. The Morgan fingerprint density at radius 3 is 2.45 bits per heavy atom. The normalized spacial score (nSPS) is 10.2. The first-order chi connectivity index (χ1) is 9.60. The van der Waals surface area contributed by atoms with Gasteiger partial charge < -0.3 is 10.2 Å². The predicted molar refractivity (Wildman–Crippen MR) is 84.7 cm³/mol. The van der Waals surface area contributed by atoms with Crippen molar-refractivity contribution in [1.82, 2.24) is 0 Å². The lowest BCUT2D eigenvalue weighted by atomic mass is 10.1. The monoisotopic (exact) mass is 288 g/mol. The highest BCUT2D eigenvalue weighted by atomic mass is 35.5. The SMILES string of the molecule is CN(C)c1cccc(C(=O)Nc2ccc(CCl)cc2)c1. The number of carbonyl (C=O) groups is 1. The Balaban J connectivity index is 2.12. The molecule has 0 saturated heterocycles. The van der Waals surface area contributed by atoms with E-state index in [9.17, 15) is 4.79 Å². The summed E-state index contributed by atoms with van der Waals surface area (Å²) < 4.78 is 0. The number of anilines is 2. The van der Waals surface area contributed by atoms with Crippen molar-refractivity contribution >= 4 is 28.9 Å². The van der Waals surface area contributed by atoms with E-state index in [1.54, 1.807) is 6.07 Å². The molecule has 0 aliphatic carbocycles. The molecule has 0 aliphatic rings. The third-order valence-corrected chi connectivity index (χ3v) is 3.30. The fourth-order valence-electron chi connectivity index (χ4n) is 1.81. The second kappa shape index (κ2) is 6.44. The zero-order valence-electron chi connectivity index (χ0n) is 11.6. The minimum Gasteiger partial charge on any atom is -0.378 e. The van der Waals surface area contributed by atoms with Gasteiger partial charge in [0, 0.05) is 36.9 Å². The van der Waals surface area contributed by atoms with Gasteiger partial charge >= 0.3 is 0 Å². The predicted octanol–water partition coefficient (Wildman–Crippen LogP) is 3.74. The van der Waals surface area contributed by atoms with Crippen LogP contribution in [0.4, 0.5) is 11.4 Å². The molecule has 3 nitrogen and oxygen atoms in total. The maximum Gasteiger partial charge on any atom is 0.255 e. The molecule has 0 bridgehead atoms. The maximum atomic E-state index is 12.2. The van der Waals surface area contributed by atoms with Crippen molar-refractivity contribution in [2.75, 3.05) is 24.3 Å². The molecule has 0 spiro atoms. The van der Waals surface area contributed by atoms with E-state index in [0.717, 1.165) is 16.9 Å². The van der Waals surface area contributed by atoms with E-state index in [4.69, 9.17) is 11.6 Å². The van der Waals surface area contributed by atoms with Gasteiger partial charge in [0.15, 0.2) is 0 Å². The first-order valence-corrected chi connectivity index (χ1v) is 6.87. The zero-order chi connectivity index (χ0) is 14.5. The molecule has 0 radical (unpaired) electrons. The first kappa shape index (κ1) is 14.4. The highest BCUT2D eigenvalue weighted by Crippen LogP contribution is 2.16. The zero-order valence-corrected chi connectivity index (χ0v) is 12.3. The van der Waals surface area contributed by atoms with Gasteiger partial charge in [0.05, 0.1) is 0 Å². The number of hydrogen-bond acceptors (Lipinski definition) is 2. The van der Waals surface area contributed by atoms with Gasteiger partial charge in [-0.2, -0.15) is 0 Å². The molecule has 0 unspecified atom stereocenters. The van der Waals surface area contributed by atoms with Gasteiger partial charge in [-0.3, -0.25) is 4.79 Å². The summed E-state index contributed by atoms with van der Waals surface area (Å²) in [5.74, 6) is 0.353. The molecule has 0 aliphatic heterocycles. The number of amides is 1. The lowest BCUT2D eigenvalue weighted by Gasteiger charge is -2.13.